The normalized spacial score (nSPS) is 24.8. The molecule has 3 nitrogen and oxygen atoms in total. The Morgan fingerprint density at radius 3 is 2.89 bits per heavy atom. The van der Waals surface area contributed by atoms with Crippen LogP contribution >= 0.6 is 0 Å². The lowest BCUT2D eigenvalue weighted by Gasteiger charge is -2.20. The average molecular weight is 262 g/mol. The Morgan fingerprint density at radius 1 is 1.42 bits per heavy atom. The minimum atomic E-state index is -0.215. The molecule has 1 N–H and O–H groups in total. The smallest absolute Gasteiger partial charge is 0.224 e. The van der Waals surface area contributed by atoms with Gasteiger partial charge in [-0.1, -0.05) is 12.1 Å². The lowest BCUT2D eigenvalue weighted by molar-refractivity contribution is -0.128. The molecular formula is C15H19FN2O. The summed E-state index contributed by atoms with van der Waals surface area (Å²) < 4.78 is 13.2. The number of nitrogens with one attached hydrogen (secondary N) is 1. The maximum Gasteiger partial charge on any atom is 0.224 e. The van der Waals surface area contributed by atoms with Crippen molar-refractivity contribution in [2.75, 3.05) is 6.54 Å². The SMILES string of the molecule is CC(NC1CC(=O)N(C2CC2)C1)c1cccc(F)c1. The Balaban J connectivity index is 1.61. The van der Waals surface area contributed by atoms with E-state index < -0.39 is 0 Å². The van der Waals surface area contributed by atoms with Gasteiger partial charge in [-0.3, -0.25) is 4.79 Å². The van der Waals surface area contributed by atoms with Gasteiger partial charge in [0.25, 0.3) is 0 Å². The van der Waals surface area contributed by atoms with E-state index in [1.165, 1.54) is 6.07 Å². The van der Waals surface area contributed by atoms with E-state index in [0.29, 0.717) is 12.5 Å². The van der Waals surface area contributed by atoms with E-state index in [1.807, 2.05) is 17.9 Å². The number of rotatable bonds is 4. The minimum absolute atomic E-state index is 0.0626. The summed E-state index contributed by atoms with van der Waals surface area (Å²) in [5.74, 6) is 0.0414. The molecule has 1 saturated heterocycles. The molecule has 4 heteroatoms. The minimum Gasteiger partial charge on any atom is -0.338 e. The number of hydrogen-bond donors (Lipinski definition) is 1. The van der Waals surface area contributed by atoms with Gasteiger partial charge in [-0.25, -0.2) is 4.39 Å². The third kappa shape index (κ3) is 2.78. The van der Waals surface area contributed by atoms with Crippen molar-refractivity contribution in [2.45, 2.75) is 44.3 Å². The van der Waals surface area contributed by atoms with Crippen LogP contribution < -0.4 is 5.32 Å². The molecule has 0 bridgehead atoms. The van der Waals surface area contributed by atoms with Crippen LogP contribution in [0.2, 0.25) is 0 Å². The molecular weight excluding hydrogens is 243 g/mol. The van der Waals surface area contributed by atoms with Crippen LogP contribution in [0.1, 0.15) is 37.8 Å². The first-order valence-corrected chi connectivity index (χ1v) is 6.94. The first-order valence-electron chi connectivity index (χ1n) is 6.94. The van der Waals surface area contributed by atoms with E-state index in [2.05, 4.69) is 5.32 Å². The van der Waals surface area contributed by atoms with Gasteiger partial charge >= 0.3 is 0 Å². The molecule has 1 aliphatic heterocycles. The summed E-state index contributed by atoms with van der Waals surface area (Å²) in [6.45, 7) is 2.81. The van der Waals surface area contributed by atoms with Crippen molar-refractivity contribution in [3.63, 3.8) is 0 Å². The second-order valence-corrected chi connectivity index (χ2v) is 5.62. The van der Waals surface area contributed by atoms with E-state index in [0.717, 1.165) is 24.9 Å². The van der Waals surface area contributed by atoms with Crippen molar-refractivity contribution >= 4 is 5.91 Å². The summed E-state index contributed by atoms with van der Waals surface area (Å²) >= 11 is 0. The Hall–Kier alpha value is -1.42. The molecule has 19 heavy (non-hydrogen) atoms. The number of benzene rings is 1. The molecule has 1 aliphatic carbocycles. The van der Waals surface area contributed by atoms with Crippen molar-refractivity contribution in [2.24, 2.45) is 0 Å². The second kappa shape index (κ2) is 4.93. The molecule has 1 amide bonds. The number of amides is 1. The molecule has 2 atom stereocenters. The van der Waals surface area contributed by atoms with Crippen LogP contribution in [0.4, 0.5) is 4.39 Å². The van der Waals surface area contributed by atoms with Crippen molar-refractivity contribution in [1.82, 2.24) is 10.2 Å². The standard InChI is InChI=1S/C15H19FN2O/c1-10(11-3-2-4-12(16)7-11)17-13-8-15(19)18(9-13)14-5-6-14/h2-4,7,10,13-14,17H,5-6,8-9H2,1H3. The average Bonchev–Trinajstić information content (AvgIpc) is 3.14. The summed E-state index contributed by atoms with van der Waals surface area (Å²) in [5, 5.41) is 3.44. The van der Waals surface area contributed by atoms with Gasteiger partial charge in [0.05, 0.1) is 0 Å². The molecule has 2 unspecified atom stereocenters. The zero-order valence-corrected chi connectivity index (χ0v) is 11.1. The van der Waals surface area contributed by atoms with Crippen LogP contribution in [-0.2, 0) is 4.79 Å². The van der Waals surface area contributed by atoms with Crippen LogP contribution in [-0.4, -0.2) is 29.4 Å². The molecule has 2 aliphatic rings. The molecule has 102 valence electrons. The summed E-state index contributed by atoms with van der Waals surface area (Å²) in [4.78, 5) is 13.9. The molecule has 1 heterocycles. The van der Waals surface area contributed by atoms with Gasteiger partial charge in [-0.15, -0.1) is 0 Å². The number of carbonyl (C=O) groups is 1. The monoisotopic (exact) mass is 262 g/mol. The van der Waals surface area contributed by atoms with Crippen molar-refractivity contribution in [3.8, 4) is 0 Å². The Bertz CT molecular complexity index is 487. The maximum absolute atomic E-state index is 13.2. The number of likely N-dealkylation sites (tertiary alicyclic amines) is 1. The van der Waals surface area contributed by atoms with Crippen molar-refractivity contribution in [3.05, 3.63) is 35.6 Å². The summed E-state index contributed by atoms with van der Waals surface area (Å²) in [6, 6.07) is 7.37. The van der Waals surface area contributed by atoms with Crippen LogP contribution in [0.25, 0.3) is 0 Å². The Kier molecular flexibility index (Phi) is 3.27. The van der Waals surface area contributed by atoms with Crippen molar-refractivity contribution < 1.29 is 9.18 Å². The number of halogens is 1. The highest BCUT2D eigenvalue weighted by atomic mass is 19.1. The Morgan fingerprint density at radius 2 is 2.21 bits per heavy atom. The topological polar surface area (TPSA) is 32.3 Å². The number of carbonyl (C=O) groups excluding carboxylic acids is 1. The fourth-order valence-corrected chi connectivity index (χ4v) is 2.81. The number of hydrogen-bond acceptors (Lipinski definition) is 2. The van der Waals surface area contributed by atoms with Crippen LogP contribution in [0, 0.1) is 5.82 Å². The van der Waals surface area contributed by atoms with E-state index in [9.17, 15) is 9.18 Å². The van der Waals surface area contributed by atoms with Gasteiger partial charge in [0.1, 0.15) is 5.82 Å². The predicted octanol–water partition coefficient (Wildman–Crippen LogP) is 2.24. The molecule has 1 aromatic carbocycles. The summed E-state index contributed by atoms with van der Waals surface area (Å²) in [5.41, 5.74) is 0.928. The highest BCUT2D eigenvalue weighted by molar-refractivity contribution is 5.80. The highest BCUT2D eigenvalue weighted by Gasteiger charge is 2.39. The molecule has 2 fully saturated rings. The van der Waals surface area contributed by atoms with Crippen molar-refractivity contribution in [1.29, 1.82) is 0 Å². The predicted molar refractivity (Wildman–Crippen MR) is 71.1 cm³/mol. The second-order valence-electron chi connectivity index (χ2n) is 5.62. The lowest BCUT2D eigenvalue weighted by atomic mass is 10.1. The van der Waals surface area contributed by atoms with Crippen LogP contribution in [0.3, 0.4) is 0 Å². The molecule has 0 spiro atoms. The first kappa shape index (κ1) is 12.6. The summed E-state index contributed by atoms with van der Waals surface area (Å²) in [6.07, 6.45) is 2.87. The summed E-state index contributed by atoms with van der Waals surface area (Å²) in [7, 11) is 0. The third-order valence-corrected chi connectivity index (χ3v) is 3.98. The first-order chi connectivity index (χ1) is 9.13. The largest absolute Gasteiger partial charge is 0.338 e. The third-order valence-electron chi connectivity index (χ3n) is 3.98. The molecule has 1 aromatic rings. The van der Waals surface area contributed by atoms with E-state index in [-0.39, 0.29) is 23.8 Å². The fourth-order valence-electron chi connectivity index (χ4n) is 2.81. The fraction of sp³-hybridized carbons (Fsp3) is 0.533. The molecule has 0 aromatic heterocycles. The van der Waals surface area contributed by atoms with Gasteiger partial charge in [0.2, 0.25) is 5.91 Å². The lowest BCUT2D eigenvalue weighted by Crippen LogP contribution is -2.35. The van der Waals surface area contributed by atoms with E-state index in [4.69, 9.17) is 0 Å². The van der Waals surface area contributed by atoms with Crippen LogP contribution in [0.5, 0.6) is 0 Å². The molecule has 3 rings (SSSR count). The van der Waals surface area contributed by atoms with Gasteiger partial charge in [-0.05, 0) is 37.5 Å². The van der Waals surface area contributed by atoms with E-state index in [1.54, 1.807) is 12.1 Å². The zero-order chi connectivity index (χ0) is 13.4. The van der Waals surface area contributed by atoms with Gasteiger partial charge in [0, 0.05) is 31.1 Å². The highest BCUT2D eigenvalue weighted by Crippen LogP contribution is 2.31. The maximum atomic E-state index is 13.2. The molecule has 0 radical (unpaired) electrons. The van der Waals surface area contributed by atoms with Crippen LogP contribution in [0.15, 0.2) is 24.3 Å². The quantitative estimate of drug-likeness (QED) is 0.902. The Labute approximate surface area is 112 Å². The van der Waals surface area contributed by atoms with E-state index >= 15 is 0 Å². The molecule has 1 saturated carbocycles. The van der Waals surface area contributed by atoms with Gasteiger partial charge in [0.15, 0.2) is 0 Å². The van der Waals surface area contributed by atoms with Gasteiger partial charge < -0.3 is 10.2 Å². The zero-order valence-electron chi connectivity index (χ0n) is 11.1. The number of nitrogens with zero attached hydrogens (tertiary/aromatic N) is 1. The van der Waals surface area contributed by atoms with Gasteiger partial charge in [-0.2, -0.15) is 0 Å².